The lowest BCUT2D eigenvalue weighted by Gasteiger charge is -2.34. The summed E-state index contributed by atoms with van der Waals surface area (Å²) in [5, 5.41) is 1.05. The number of anilines is 1. The topological polar surface area (TPSA) is 45.7 Å². The van der Waals surface area contributed by atoms with Crippen LogP contribution in [0.4, 0.5) is 5.13 Å². The van der Waals surface area contributed by atoms with Crippen LogP contribution in [0.2, 0.25) is 0 Å². The summed E-state index contributed by atoms with van der Waals surface area (Å²) in [6.07, 6.45) is 0. The SMILES string of the molecule is Cc1cccc(OCC(=O)N2CCN(c3nc4c(C)ccc(C)c4s3)CC2)c1. The fourth-order valence-corrected chi connectivity index (χ4v) is 4.64. The van der Waals surface area contributed by atoms with Gasteiger partial charge in [-0.25, -0.2) is 4.98 Å². The molecule has 0 aliphatic carbocycles. The van der Waals surface area contributed by atoms with Gasteiger partial charge in [-0.1, -0.05) is 35.6 Å². The average Bonchev–Trinajstić information content (AvgIpc) is 3.16. The summed E-state index contributed by atoms with van der Waals surface area (Å²) in [6.45, 7) is 9.34. The van der Waals surface area contributed by atoms with Gasteiger partial charge in [-0.3, -0.25) is 4.79 Å². The molecule has 1 saturated heterocycles. The minimum Gasteiger partial charge on any atom is -0.484 e. The second kappa shape index (κ2) is 7.80. The van der Waals surface area contributed by atoms with Crippen LogP contribution in [0, 0.1) is 20.8 Å². The second-order valence-corrected chi connectivity index (χ2v) is 8.32. The predicted molar refractivity (Wildman–Crippen MR) is 115 cm³/mol. The first-order valence-electron chi connectivity index (χ1n) is 9.60. The summed E-state index contributed by atoms with van der Waals surface area (Å²) in [6, 6.07) is 12.1. The van der Waals surface area contributed by atoms with Crippen LogP contribution in [-0.2, 0) is 4.79 Å². The zero-order valence-corrected chi connectivity index (χ0v) is 17.4. The van der Waals surface area contributed by atoms with Crippen LogP contribution in [-0.4, -0.2) is 48.6 Å². The van der Waals surface area contributed by atoms with E-state index in [1.54, 1.807) is 11.3 Å². The van der Waals surface area contributed by atoms with Gasteiger partial charge in [-0.05, 0) is 49.6 Å². The molecule has 1 aromatic heterocycles. The van der Waals surface area contributed by atoms with E-state index in [4.69, 9.17) is 9.72 Å². The first-order chi connectivity index (χ1) is 13.5. The highest BCUT2D eigenvalue weighted by Gasteiger charge is 2.23. The number of thiazole rings is 1. The number of hydrogen-bond acceptors (Lipinski definition) is 5. The minimum absolute atomic E-state index is 0.0390. The predicted octanol–water partition coefficient (Wildman–Crippen LogP) is 3.95. The maximum atomic E-state index is 12.5. The Bertz CT molecular complexity index is 967. The number of benzene rings is 2. The van der Waals surface area contributed by atoms with E-state index in [-0.39, 0.29) is 12.5 Å². The summed E-state index contributed by atoms with van der Waals surface area (Å²) >= 11 is 1.75. The van der Waals surface area contributed by atoms with E-state index in [0.717, 1.165) is 35.1 Å². The van der Waals surface area contributed by atoms with Crippen LogP contribution < -0.4 is 9.64 Å². The van der Waals surface area contributed by atoms with Crippen molar-refractivity contribution in [2.24, 2.45) is 0 Å². The molecule has 0 atom stereocenters. The van der Waals surface area contributed by atoms with Crippen molar-refractivity contribution in [1.29, 1.82) is 0 Å². The van der Waals surface area contributed by atoms with Crippen molar-refractivity contribution in [3.8, 4) is 5.75 Å². The number of nitrogens with zero attached hydrogens (tertiary/aromatic N) is 3. The molecule has 1 amide bonds. The standard InChI is InChI=1S/C22H25N3O2S/c1-15-5-4-6-18(13-15)27-14-19(26)24-9-11-25(12-10-24)22-23-20-16(2)7-8-17(3)21(20)28-22/h4-8,13H,9-12,14H2,1-3H3. The van der Waals surface area contributed by atoms with E-state index in [1.807, 2.05) is 36.1 Å². The quantitative estimate of drug-likeness (QED) is 0.671. The Morgan fingerprint density at radius 3 is 2.54 bits per heavy atom. The van der Waals surface area contributed by atoms with Gasteiger partial charge in [0, 0.05) is 26.2 Å². The Morgan fingerprint density at radius 2 is 1.82 bits per heavy atom. The summed E-state index contributed by atoms with van der Waals surface area (Å²) in [5.74, 6) is 0.782. The number of rotatable bonds is 4. The lowest BCUT2D eigenvalue weighted by molar-refractivity contribution is -0.133. The number of ether oxygens (including phenoxy) is 1. The Kier molecular flexibility index (Phi) is 5.22. The Labute approximate surface area is 169 Å². The van der Waals surface area contributed by atoms with Gasteiger partial charge in [0.15, 0.2) is 11.7 Å². The van der Waals surface area contributed by atoms with Crippen LogP contribution in [0.15, 0.2) is 36.4 Å². The lowest BCUT2D eigenvalue weighted by atomic mass is 10.1. The molecule has 6 heteroatoms. The smallest absolute Gasteiger partial charge is 0.260 e. The van der Waals surface area contributed by atoms with Crippen LogP contribution in [0.25, 0.3) is 10.2 Å². The highest BCUT2D eigenvalue weighted by molar-refractivity contribution is 7.22. The normalized spacial score (nSPS) is 14.5. The van der Waals surface area contributed by atoms with Crippen molar-refractivity contribution in [3.05, 3.63) is 53.1 Å². The van der Waals surface area contributed by atoms with Crippen molar-refractivity contribution < 1.29 is 9.53 Å². The highest BCUT2D eigenvalue weighted by Crippen LogP contribution is 2.33. The minimum atomic E-state index is 0.0390. The molecule has 0 N–H and O–H groups in total. The zero-order valence-electron chi connectivity index (χ0n) is 16.6. The van der Waals surface area contributed by atoms with Crippen molar-refractivity contribution in [3.63, 3.8) is 0 Å². The van der Waals surface area contributed by atoms with Gasteiger partial charge in [0.2, 0.25) is 0 Å². The highest BCUT2D eigenvalue weighted by atomic mass is 32.1. The third-order valence-electron chi connectivity index (χ3n) is 5.19. The van der Waals surface area contributed by atoms with Gasteiger partial charge in [-0.2, -0.15) is 0 Å². The summed E-state index contributed by atoms with van der Waals surface area (Å²) < 4.78 is 6.93. The van der Waals surface area contributed by atoms with Crippen molar-refractivity contribution in [2.75, 3.05) is 37.7 Å². The molecular formula is C22H25N3O2S. The van der Waals surface area contributed by atoms with Crippen LogP contribution in [0.3, 0.4) is 0 Å². The Hall–Kier alpha value is -2.60. The van der Waals surface area contributed by atoms with Gasteiger partial charge < -0.3 is 14.5 Å². The largest absolute Gasteiger partial charge is 0.484 e. The second-order valence-electron chi connectivity index (χ2n) is 7.35. The number of carbonyl (C=O) groups is 1. The summed E-state index contributed by atoms with van der Waals surface area (Å²) in [7, 11) is 0. The molecule has 2 aromatic carbocycles. The third kappa shape index (κ3) is 3.83. The molecule has 0 spiro atoms. The van der Waals surface area contributed by atoms with E-state index < -0.39 is 0 Å². The monoisotopic (exact) mass is 395 g/mol. The van der Waals surface area contributed by atoms with Gasteiger partial charge >= 0.3 is 0 Å². The molecule has 3 aromatic rings. The number of amides is 1. The average molecular weight is 396 g/mol. The Morgan fingerprint density at radius 1 is 1.07 bits per heavy atom. The Balaban J connectivity index is 1.36. The molecule has 5 nitrogen and oxygen atoms in total. The van der Waals surface area contributed by atoms with E-state index in [2.05, 4.69) is 30.9 Å². The molecule has 1 aliphatic heterocycles. The van der Waals surface area contributed by atoms with E-state index >= 15 is 0 Å². The number of piperazine rings is 1. The lowest BCUT2D eigenvalue weighted by Crippen LogP contribution is -2.50. The number of aryl methyl sites for hydroxylation is 3. The van der Waals surface area contributed by atoms with Gasteiger partial charge in [0.1, 0.15) is 5.75 Å². The first kappa shape index (κ1) is 18.7. The van der Waals surface area contributed by atoms with Crippen LogP contribution >= 0.6 is 11.3 Å². The molecule has 0 radical (unpaired) electrons. The molecule has 4 rings (SSSR count). The number of hydrogen-bond donors (Lipinski definition) is 0. The number of aromatic nitrogens is 1. The van der Waals surface area contributed by atoms with Gasteiger partial charge in [-0.15, -0.1) is 0 Å². The fraction of sp³-hybridized carbons (Fsp3) is 0.364. The van der Waals surface area contributed by atoms with Gasteiger partial charge in [0.05, 0.1) is 10.2 Å². The van der Waals surface area contributed by atoms with E-state index in [9.17, 15) is 4.79 Å². The van der Waals surface area contributed by atoms with Crippen molar-refractivity contribution >= 4 is 32.6 Å². The molecule has 0 bridgehead atoms. The summed E-state index contributed by atoms with van der Waals surface area (Å²) in [5.41, 5.74) is 4.71. The molecule has 2 heterocycles. The maximum Gasteiger partial charge on any atom is 0.260 e. The van der Waals surface area contributed by atoms with Crippen LogP contribution in [0.5, 0.6) is 5.75 Å². The van der Waals surface area contributed by atoms with Crippen molar-refractivity contribution in [1.82, 2.24) is 9.88 Å². The number of carbonyl (C=O) groups excluding carboxylic acids is 1. The molecule has 1 aliphatic rings. The molecule has 28 heavy (non-hydrogen) atoms. The molecular weight excluding hydrogens is 370 g/mol. The summed E-state index contributed by atoms with van der Waals surface area (Å²) in [4.78, 5) is 21.5. The third-order valence-corrected chi connectivity index (χ3v) is 6.44. The van der Waals surface area contributed by atoms with E-state index in [0.29, 0.717) is 13.1 Å². The van der Waals surface area contributed by atoms with Crippen LogP contribution in [0.1, 0.15) is 16.7 Å². The molecule has 0 saturated carbocycles. The van der Waals surface area contributed by atoms with E-state index in [1.165, 1.54) is 15.8 Å². The van der Waals surface area contributed by atoms with Crippen molar-refractivity contribution in [2.45, 2.75) is 20.8 Å². The molecule has 1 fully saturated rings. The first-order valence-corrected chi connectivity index (χ1v) is 10.4. The van der Waals surface area contributed by atoms with Gasteiger partial charge in [0.25, 0.3) is 5.91 Å². The molecule has 146 valence electrons. The number of fused-ring (bicyclic) bond motifs is 1. The fourth-order valence-electron chi connectivity index (χ4n) is 3.47. The maximum absolute atomic E-state index is 12.5. The molecule has 0 unspecified atom stereocenters. The zero-order chi connectivity index (χ0) is 19.7.